The van der Waals surface area contributed by atoms with Gasteiger partial charge < -0.3 is 16.0 Å². The predicted octanol–water partition coefficient (Wildman–Crippen LogP) is 2.19. The molecule has 0 aromatic heterocycles. The van der Waals surface area contributed by atoms with E-state index in [0.29, 0.717) is 26.2 Å². The number of nitrogens with one attached hydrogen (secondary N) is 1. The molecule has 1 aromatic carbocycles. The molecule has 0 spiro atoms. The van der Waals surface area contributed by atoms with Crippen LogP contribution in [0.1, 0.15) is 50.7 Å². The van der Waals surface area contributed by atoms with Gasteiger partial charge in [0, 0.05) is 26.2 Å². The number of nitrogens with zero attached hydrogens (tertiary/aromatic N) is 1. The van der Waals surface area contributed by atoms with Crippen LogP contribution < -0.4 is 11.1 Å². The minimum atomic E-state index is -0.532. The molecule has 1 aromatic rings. The highest BCUT2D eigenvalue weighted by Gasteiger charge is 2.20. The van der Waals surface area contributed by atoms with E-state index in [-0.39, 0.29) is 0 Å². The molecule has 3 N–H and O–H groups in total. The third-order valence-corrected chi connectivity index (χ3v) is 3.72. The summed E-state index contributed by atoms with van der Waals surface area (Å²) in [6, 6.07) is 7.69. The molecule has 2 amide bonds. The number of hydrogen-bond acceptors (Lipinski definition) is 3. The maximum absolute atomic E-state index is 12.3. The Morgan fingerprint density at radius 1 is 1.09 bits per heavy atom. The van der Waals surface area contributed by atoms with Gasteiger partial charge in [0.05, 0.1) is 0 Å². The van der Waals surface area contributed by atoms with Crippen molar-refractivity contribution in [1.29, 1.82) is 0 Å². The molecular formula is C18H29N3O2. The third kappa shape index (κ3) is 6.82. The lowest BCUT2D eigenvalue weighted by Gasteiger charge is -2.21. The van der Waals surface area contributed by atoms with Crippen molar-refractivity contribution < 1.29 is 9.59 Å². The van der Waals surface area contributed by atoms with Gasteiger partial charge >= 0.3 is 11.8 Å². The van der Waals surface area contributed by atoms with Crippen LogP contribution in [0, 0.1) is 0 Å². The van der Waals surface area contributed by atoms with Crippen LogP contribution >= 0.6 is 0 Å². The average molecular weight is 319 g/mol. The second-order valence-corrected chi connectivity index (χ2v) is 5.71. The monoisotopic (exact) mass is 319 g/mol. The van der Waals surface area contributed by atoms with Crippen LogP contribution in [0.3, 0.4) is 0 Å². The SMILES string of the molecule is CCCCN(CCCC)C(=O)C(=O)NCc1cccc(CN)c1. The summed E-state index contributed by atoms with van der Waals surface area (Å²) in [5, 5.41) is 2.71. The summed E-state index contributed by atoms with van der Waals surface area (Å²) >= 11 is 0. The van der Waals surface area contributed by atoms with Crippen LogP contribution in [0.15, 0.2) is 24.3 Å². The molecule has 128 valence electrons. The minimum absolute atomic E-state index is 0.341. The largest absolute Gasteiger partial charge is 0.344 e. The molecule has 0 bridgehead atoms. The summed E-state index contributed by atoms with van der Waals surface area (Å²) < 4.78 is 0. The van der Waals surface area contributed by atoms with Crippen LogP contribution in [0.2, 0.25) is 0 Å². The summed E-state index contributed by atoms with van der Waals surface area (Å²) in [6.07, 6.45) is 3.84. The van der Waals surface area contributed by atoms with Crippen molar-refractivity contribution in [2.75, 3.05) is 13.1 Å². The molecule has 1 rings (SSSR count). The standard InChI is InChI=1S/C18H29N3O2/c1-3-5-10-21(11-6-4-2)18(23)17(22)20-14-16-9-7-8-15(12-16)13-19/h7-9,12H,3-6,10-11,13-14,19H2,1-2H3,(H,20,22). The van der Waals surface area contributed by atoms with Gasteiger partial charge in [0.15, 0.2) is 0 Å². The molecule has 0 aliphatic rings. The number of rotatable bonds is 9. The summed E-state index contributed by atoms with van der Waals surface area (Å²) in [5.41, 5.74) is 7.56. The van der Waals surface area contributed by atoms with Crippen LogP contribution in [-0.4, -0.2) is 29.8 Å². The predicted molar refractivity (Wildman–Crippen MR) is 92.6 cm³/mol. The van der Waals surface area contributed by atoms with Crippen molar-refractivity contribution in [1.82, 2.24) is 10.2 Å². The van der Waals surface area contributed by atoms with Crippen LogP contribution in [0.5, 0.6) is 0 Å². The number of nitrogens with two attached hydrogens (primary N) is 1. The number of amides is 2. The lowest BCUT2D eigenvalue weighted by Crippen LogP contribution is -2.43. The Hall–Kier alpha value is -1.88. The van der Waals surface area contributed by atoms with Crippen molar-refractivity contribution in [2.45, 2.75) is 52.6 Å². The lowest BCUT2D eigenvalue weighted by atomic mass is 10.1. The smallest absolute Gasteiger partial charge is 0.311 e. The van der Waals surface area contributed by atoms with E-state index >= 15 is 0 Å². The zero-order valence-electron chi connectivity index (χ0n) is 14.3. The van der Waals surface area contributed by atoms with E-state index in [2.05, 4.69) is 19.2 Å². The maximum atomic E-state index is 12.3. The summed E-state index contributed by atoms with van der Waals surface area (Å²) in [5.74, 6) is -0.961. The molecule has 0 saturated heterocycles. The Bertz CT molecular complexity index is 495. The highest BCUT2D eigenvalue weighted by Crippen LogP contribution is 2.05. The van der Waals surface area contributed by atoms with Gasteiger partial charge in [0.1, 0.15) is 0 Å². The van der Waals surface area contributed by atoms with Gasteiger partial charge in [-0.15, -0.1) is 0 Å². The Morgan fingerprint density at radius 2 is 1.70 bits per heavy atom. The van der Waals surface area contributed by atoms with E-state index in [1.165, 1.54) is 0 Å². The van der Waals surface area contributed by atoms with Gasteiger partial charge in [0.2, 0.25) is 0 Å². The molecule has 0 radical (unpaired) electrons. The number of unbranched alkanes of at least 4 members (excludes halogenated alkanes) is 2. The zero-order valence-corrected chi connectivity index (χ0v) is 14.3. The number of hydrogen-bond donors (Lipinski definition) is 2. The second kappa shape index (κ2) is 10.8. The Kier molecular flexibility index (Phi) is 8.98. The van der Waals surface area contributed by atoms with Crippen LogP contribution in [-0.2, 0) is 22.7 Å². The molecular weight excluding hydrogens is 290 g/mol. The molecule has 0 aliphatic heterocycles. The summed E-state index contributed by atoms with van der Waals surface area (Å²) in [4.78, 5) is 26.1. The fourth-order valence-corrected chi connectivity index (χ4v) is 2.28. The second-order valence-electron chi connectivity index (χ2n) is 5.71. The van der Waals surface area contributed by atoms with E-state index in [1.54, 1.807) is 4.90 Å². The van der Waals surface area contributed by atoms with E-state index in [0.717, 1.165) is 36.8 Å². The topological polar surface area (TPSA) is 75.4 Å². The third-order valence-electron chi connectivity index (χ3n) is 3.72. The van der Waals surface area contributed by atoms with Crippen molar-refractivity contribution in [2.24, 2.45) is 5.73 Å². The summed E-state index contributed by atoms with van der Waals surface area (Å²) in [7, 11) is 0. The van der Waals surface area contributed by atoms with Crippen molar-refractivity contribution in [3.63, 3.8) is 0 Å². The number of carbonyl (C=O) groups is 2. The normalized spacial score (nSPS) is 10.4. The Labute approximate surface area is 139 Å². The van der Waals surface area contributed by atoms with Crippen LogP contribution in [0.4, 0.5) is 0 Å². The van der Waals surface area contributed by atoms with Crippen molar-refractivity contribution in [3.8, 4) is 0 Å². The molecule has 0 heterocycles. The van der Waals surface area contributed by atoms with Crippen molar-refractivity contribution in [3.05, 3.63) is 35.4 Å². The highest BCUT2D eigenvalue weighted by atomic mass is 16.2. The minimum Gasteiger partial charge on any atom is -0.344 e. The van der Waals surface area contributed by atoms with Crippen molar-refractivity contribution >= 4 is 11.8 Å². The number of benzene rings is 1. The quantitative estimate of drug-likeness (QED) is 0.685. The fraction of sp³-hybridized carbons (Fsp3) is 0.556. The molecule has 0 saturated carbocycles. The van der Waals surface area contributed by atoms with Crippen LogP contribution in [0.25, 0.3) is 0 Å². The molecule has 0 aliphatic carbocycles. The summed E-state index contributed by atoms with van der Waals surface area (Å²) in [6.45, 7) is 6.24. The van der Waals surface area contributed by atoms with Gasteiger partial charge in [0.25, 0.3) is 0 Å². The Morgan fingerprint density at radius 3 is 2.26 bits per heavy atom. The van der Waals surface area contributed by atoms with Gasteiger partial charge in [-0.3, -0.25) is 9.59 Å². The highest BCUT2D eigenvalue weighted by molar-refractivity contribution is 6.34. The molecule has 0 fully saturated rings. The first-order valence-electron chi connectivity index (χ1n) is 8.47. The molecule has 0 atom stereocenters. The van der Waals surface area contributed by atoms with E-state index in [1.807, 2.05) is 24.3 Å². The maximum Gasteiger partial charge on any atom is 0.311 e. The first-order valence-corrected chi connectivity index (χ1v) is 8.47. The van der Waals surface area contributed by atoms with Gasteiger partial charge in [-0.25, -0.2) is 0 Å². The molecule has 5 heteroatoms. The van der Waals surface area contributed by atoms with Gasteiger partial charge in [-0.05, 0) is 24.0 Å². The van der Waals surface area contributed by atoms with Gasteiger partial charge in [-0.1, -0.05) is 51.0 Å². The van der Waals surface area contributed by atoms with E-state index in [4.69, 9.17) is 5.73 Å². The average Bonchev–Trinajstić information content (AvgIpc) is 2.59. The lowest BCUT2D eigenvalue weighted by molar-refractivity contribution is -0.146. The fourth-order valence-electron chi connectivity index (χ4n) is 2.28. The van der Waals surface area contributed by atoms with Gasteiger partial charge in [-0.2, -0.15) is 0 Å². The van der Waals surface area contributed by atoms with E-state index < -0.39 is 11.8 Å². The van der Waals surface area contributed by atoms with E-state index in [9.17, 15) is 9.59 Å². The first-order chi connectivity index (χ1) is 11.1. The zero-order chi connectivity index (χ0) is 17.1. The number of carbonyl (C=O) groups excluding carboxylic acids is 2. The first kappa shape index (κ1) is 19.2. The Balaban J connectivity index is 2.56. The molecule has 0 unspecified atom stereocenters. The molecule has 23 heavy (non-hydrogen) atoms. The molecule has 5 nitrogen and oxygen atoms in total.